The van der Waals surface area contributed by atoms with Crippen LogP contribution in [0.25, 0.3) is 33.3 Å². The van der Waals surface area contributed by atoms with Crippen molar-refractivity contribution < 1.29 is 14.6 Å². The number of phenolic OH excluding ortho intramolecular Hbond substituents is 1. The molecule has 0 unspecified atom stereocenters. The zero-order valence-electron chi connectivity index (χ0n) is 18.0. The Labute approximate surface area is 186 Å². The minimum atomic E-state index is -0.116. The van der Waals surface area contributed by atoms with E-state index in [2.05, 4.69) is 16.0 Å². The van der Waals surface area contributed by atoms with Crippen LogP contribution in [-0.4, -0.2) is 46.1 Å². The number of aromatic nitrogens is 2. The van der Waals surface area contributed by atoms with Crippen molar-refractivity contribution in [1.29, 1.82) is 0 Å². The van der Waals surface area contributed by atoms with E-state index >= 15 is 0 Å². The van der Waals surface area contributed by atoms with Crippen molar-refractivity contribution in [3.8, 4) is 33.8 Å². The molecule has 32 heavy (non-hydrogen) atoms. The summed E-state index contributed by atoms with van der Waals surface area (Å²) in [5, 5.41) is 11.4. The monoisotopic (exact) mass is 427 g/mol. The number of hydrogen-bond acceptors (Lipinski definition) is 4. The lowest BCUT2D eigenvalue weighted by Crippen LogP contribution is -2.35. The number of phenols is 1. The van der Waals surface area contributed by atoms with Gasteiger partial charge in [-0.05, 0) is 49.1 Å². The van der Waals surface area contributed by atoms with Crippen LogP contribution >= 0.6 is 0 Å². The lowest BCUT2D eigenvalue weighted by atomic mass is 9.99. The predicted molar refractivity (Wildman–Crippen MR) is 125 cm³/mol. The molecule has 1 amide bonds. The fourth-order valence-corrected chi connectivity index (χ4v) is 4.41. The summed E-state index contributed by atoms with van der Waals surface area (Å²) in [4.78, 5) is 22.7. The van der Waals surface area contributed by atoms with Crippen molar-refractivity contribution in [1.82, 2.24) is 14.9 Å². The van der Waals surface area contributed by atoms with Gasteiger partial charge in [0.2, 0.25) is 0 Å². The van der Waals surface area contributed by atoms with E-state index in [9.17, 15) is 9.90 Å². The molecule has 4 aromatic rings. The van der Waals surface area contributed by atoms with E-state index in [0.29, 0.717) is 5.56 Å². The molecule has 2 aromatic heterocycles. The van der Waals surface area contributed by atoms with Gasteiger partial charge < -0.3 is 19.7 Å². The van der Waals surface area contributed by atoms with Crippen molar-refractivity contribution in [2.24, 2.45) is 0 Å². The molecular weight excluding hydrogens is 402 g/mol. The number of amides is 1. The quantitative estimate of drug-likeness (QED) is 0.467. The average molecular weight is 428 g/mol. The molecule has 2 aromatic carbocycles. The molecular formula is C26H25N3O3. The second kappa shape index (κ2) is 8.38. The third-order valence-corrected chi connectivity index (χ3v) is 6.13. The molecule has 1 saturated heterocycles. The summed E-state index contributed by atoms with van der Waals surface area (Å²) in [5.74, 6) is 0.682. The molecule has 1 aliphatic heterocycles. The molecule has 1 fully saturated rings. The van der Waals surface area contributed by atoms with E-state index < -0.39 is 0 Å². The summed E-state index contributed by atoms with van der Waals surface area (Å²) in [6.45, 7) is 1.48. The molecule has 0 radical (unpaired) electrons. The number of rotatable bonds is 4. The van der Waals surface area contributed by atoms with Crippen LogP contribution in [0.5, 0.6) is 11.5 Å². The van der Waals surface area contributed by atoms with Gasteiger partial charge in [-0.3, -0.25) is 4.79 Å². The number of aromatic amines is 1. The largest absolute Gasteiger partial charge is 0.507 e. The topological polar surface area (TPSA) is 78.5 Å². The lowest BCUT2D eigenvalue weighted by Gasteiger charge is -2.27. The Morgan fingerprint density at radius 3 is 2.66 bits per heavy atom. The first kappa shape index (κ1) is 20.1. The minimum Gasteiger partial charge on any atom is -0.507 e. The van der Waals surface area contributed by atoms with E-state index in [1.165, 1.54) is 0 Å². The fraction of sp³-hybridized carbons (Fsp3) is 0.231. The van der Waals surface area contributed by atoms with Gasteiger partial charge in [0, 0.05) is 47.6 Å². The maximum Gasteiger partial charge on any atom is 0.257 e. The summed E-state index contributed by atoms with van der Waals surface area (Å²) in [6, 6.07) is 15.1. The number of likely N-dealkylation sites (tertiary alicyclic amines) is 1. The van der Waals surface area contributed by atoms with Crippen molar-refractivity contribution in [2.75, 3.05) is 20.2 Å². The van der Waals surface area contributed by atoms with E-state index in [4.69, 9.17) is 4.74 Å². The summed E-state index contributed by atoms with van der Waals surface area (Å²) < 4.78 is 5.54. The summed E-state index contributed by atoms with van der Waals surface area (Å²) >= 11 is 0. The van der Waals surface area contributed by atoms with Crippen LogP contribution in [0.2, 0.25) is 0 Å². The van der Waals surface area contributed by atoms with Crippen LogP contribution < -0.4 is 4.74 Å². The first-order chi connectivity index (χ1) is 15.7. The van der Waals surface area contributed by atoms with Crippen molar-refractivity contribution >= 4 is 16.9 Å². The van der Waals surface area contributed by atoms with Crippen LogP contribution in [-0.2, 0) is 0 Å². The number of pyridine rings is 1. The first-order valence-electron chi connectivity index (χ1n) is 10.9. The van der Waals surface area contributed by atoms with Gasteiger partial charge in [0.1, 0.15) is 17.1 Å². The van der Waals surface area contributed by atoms with Gasteiger partial charge in [-0.25, -0.2) is 4.98 Å². The van der Waals surface area contributed by atoms with Gasteiger partial charge in [0.05, 0.1) is 12.7 Å². The van der Waals surface area contributed by atoms with Gasteiger partial charge in [0.25, 0.3) is 5.91 Å². The van der Waals surface area contributed by atoms with Gasteiger partial charge in [-0.2, -0.15) is 0 Å². The highest BCUT2D eigenvalue weighted by atomic mass is 16.5. The molecule has 0 atom stereocenters. The number of methoxy groups -OCH3 is 1. The smallest absolute Gasteiger partial charge is 0.257 e. The van der Waals surface area contributed by atoms with E-state index in [1.807, 2.05) is 41.4 Å². The minimum absolute atomic E-state index is 0.00900. The summed E-state index contributed by atoms with van der Waals surface area (Å²) in [7, 11) is 1.66. The zero-order chi connectivity index (χ0) is 22.1. The molecule has 6 nitrogen and oxygen atoms in total. The molecule has 0 saturated carbocycles. The standard InChI is InChI=1S/C26H25N3O3/c1-32-24-8-4-3-7-19(24)22-16-28-25-20(22)14-18(15-27-25)17-9-10-23(30)21(13-17)26(31)29-11-5-2-6-12-29/h3-4,7-10,13-16,30H,2,5-6,11-12H2,1H3,(H,27,28). The SMILES string of the molecule is COc1ccccc1-c1c[nH]c2ncc(-c3ccc(O)c(C(=O)N4CCCCC4)c3)cc12. The number of piperidine rings is 1. The summed E-state index contributed by atoms with van der Waals surface area (Å²) in [5.41, 5.74) is 4.80. The number of benzene rings is 2. The third-order valence-electron chi connectivity index (χ3n) is 6.13. The van der Waals surface area contributed by atoms with Crippen LogP contribution in [0, 0.1) is 0 Å². The predicted octanol–water partition coefficient (Wildman–Crippen LogP) is 5.24. The number of H-pyrrole nitrogens is 1. The molecule has 162 valence electrons. The van der Waals surface area contributed by atoms with Crippen molar-refractivity contribution in [3.63, 3.8) is 0 Å². The number of nitrogens with one attached hydrogen (secondary N) is 1. The first-order valence-corrected chi connectivity index (χ1v) is 10.9. The Morgan fingerprint density at radius 1 is 1.03 bits per heavy atom. The highest BCUT2D eigenvalue weighted by Crippen LogP contribution is 2.36. The third kappa shape index (κ3) is 3.58. The van der Waals surface area contributed by atoms with Crippen LogP contribution in [0.1, 0.15) is 29.6 Å². The number of carbonyl (C=O) groups is 1. The maximum absolute atomic E-state index is 13.0. The molecule has 3 heterocycles. The highest BCUT2D eigenvalue weighted by molar-refractivity contribution is 6.00. The van der Waals surface area contributed by atoms with Crippen molar-refractivity contribution in [3.05, 3.63) is 66.5 Å². The normalized spacial score (nSPS) is 14.0. The number of nitrogens with zero attached hydrogens (tertiary/aromatic N) is 2. The molecule has 6 heteroatoms. The highest BCUT2D eigenvalue weighted by Gasteiger charge is 2.21. The zero-order valence-corrected chi connectivity index (χ0v) is 18.0. The van der Waals surface area contributed by atoms with Gasteiger partial charge >= 0.3 is 0 Å². The Balaban J connectivity index is 1.56. The molecule has 2 N–H and O–H groups in total. The van der Waals surface area contributed by atoms with E-state index in [-0.39, 0.29) is 11.7 Å². The second-order valence-electron chi connectivity index (χ2n) is 8.11. The average Bonchev–Trinajstić information content (AvgIpc) is 3.27. The van der Waals surface area contributed by atoms with Gasteiger partial charge in [-0.1, -0.05) is 24.3 Å². The number of ether oxygens (including phenoxy) is 1. The van der Waals surface area contributed by atoms with E-state index in [0.717, 1.165) is 71.4 Å². The number of aromatic hydroxyl groups is 1. The number of fused-ring (bicyclic) bond motifs is 1. The molecule has 0 aliphatic carbocycles. The Hall–Kier alpha value is -3.80. The molecule has 0 bridgehead atoms. The Morgan fingerprint density at radius 2 is 1.84 bits per heavy atom. The Kier molecular flexibility index (Phi) is 5.27. The molecule has 1 aliphatic rings. The number of carbonyl (C=O) groups excluding carboxylic acids is 1. The maximum atomic E-state index is 13.0. The van der Waals surface area contributed by atoms with E-state index in [1.54, 1.807) is 25.4 Å². The molecule has 0 spiro atoms. The number of para-hydroxylation sites is 1. The van der Waals surface area contributed by atoms with Crippen molar-refractivity contribution in [2.45, 2.75) is 19.3 Å². The van der Waals surface area contributed by atoms with Crippen LogP contribution in [0.3, 0.4) is 0 Å². The fourth-order valence-electron chi connectivity index (χ4n) is 4.41. The van der Waals surface area contributed by atoms with Crippen LogP contribution in [0.15, 0.2) is 60.9 Å². The van der Waals surface area contributed by atoms with Gasteiger partial charge in [0.15, 0.2) is 0 Å². The Bertz CT molecular complexity index is 1290. The summed E-state index contributed by atoms with van der Waals surface area (Å²) in [6.07, 6.45) is 6.87. The lowest BCUT2D eigenvalue weighted by molar-refractivity contribution is 0.0721. The number of hydrogen-bond donors (Lipinski definition) is 2. The molecule has 5 rings (SSSR count). The second-order valence-corrected chi connectivity index (χ2v) is 8.11. The van der Waals surface area contributed by atoms with Crippen LogP contribution in [0.4, 0.5) is 0 Å². The van der Waals surface area contributed by atoms with Gasteiger partial charge in [-0.15, -0.1) is 0 Å².